The molecule has 3 rings (SSSR count). The van der Waals surface area contributed by atoms with Gasteiger partial charge in [-0.15, -0.1) is 11.3 Å². The van der Waals surface area contributed by atoms with E-state index in [1.165, 1.54) is 35.6 Å². The maximum Gasteiger partial charge on any atom is 0.412 e. The Hall–Kier alpha value is -2.68. The molecule has 25 heavy (non-hydrogen) atoms. The Balaban J connectivity index is 1.82. The summed E-state index contributed by atoms with van der Waals surface area (Å²) >= 11 is 1.27. The average Bonchev–Trinajstić information content (AvgIpc) is 3.04. The highest BCUT2D eigenvalue weighted by Crippen LogP contribution is 2.32. The molecular formula is C16H12F3N3O2S. The molecule has 1 aromatic carbocycles. The molecular weight excluding hydrogens is 355 g/mol. The zero-order valence-electron chi connectivity index (χ0n) is 12.7. The number of carbonyl (C=O) groups excluding carboxylic acids is 1. The van der Waals surface area contributed by atoms with Crippen molar-refractivity contribution in [3.8, 4) is 0 Å². The van der Waals surface area contributed by atoms with Crippen molar-refractivity contribution in [2.45, 2.75) is 18.8 Å². The Morgan fingerprint density at radius 1 is 1.24 bits per heavy atom. The third-order valence-electron chi connectivity index (χ3n) is 3.53. The minimum atomic E-state index is -4.66. The molecule has 0 saturated heterocycles. The fourth-order valence-electron chi connectivity index (χ4n) is 2.37. The molecule has 0 radical (unpaired) electrons. The molecule has 9 heteroatoms. The number of nitrogens with zero attached hydrogens (tertiary/aromatic N) is 2. The number of alkyl halides is 3. The standard InChI is InChI=1S/C16H12F3N3O2S/c17-16(18,19)13(10-4-2-1-3-5-10)21-12(23)8-22-9-20-14-11(15(22)24)6-7-25-14/h1-7,9,13H,8H2,(H,21,23)/t13-/m0/s1. The summed E-state index contributed by atoms with van der Waals surface area (Å²) in [6.45, 7) is -0.545. The second kappa shape index (κ2) is 6.67. The molecule has 130 valence electrons. The van der Waals surface area contributed by atoms with Crippen molar-refractivity contribution in [2.75, 3.05) is 0 Å². The van der Waals surface area contributed by atoms with Gasteiger partial charge >= 0.3 is 6.18 Å². The summed E-state index contributed by atoms with van der Waals surface area (Å²) in [6, 6.07) is 6.48. The molecule has 2 heterocycles. The first-order chi connectivity index (χ1) is 11.9. The normalized spacial score (nSPS) is 12.9. The van der Waals surface area contributed by atoms with E-state index in [2.05, 4.69) is 4.98 Å². The molecule has 2 aromatic heterocycles. The van der Waals surface area contributed by atoms with Crippen LogP contribution in [0.4, 0.5) is 13.2 Å². The van der Waals surface area contributed by atoms with Gasteiger partial charge in [-0.25, -0.2) is 4.98 Å². The molecule has 0 aliphatic rings. The fraction of sp³-hybridized carbons (Fsp3) is 0.188. The van der Waals surface area contributed by atoms with Gasteiger partial charge in [0.15, 0.2) is 6.04 Å². The van der Waals surface area contributed by atoms with E-state index in [0.29, 0.717) is 10.2 Å². The van der Waals surface area contributed by atoms with Crippen LogP contribution in [-0.2, 0) is 11.3 Å². The van der Waals surface area contributed by atoms with Crippen LogP contribution in [0.1, 0.15) is 11.6 Å². The molecule has 0 saturated carbocycles. The zero-order chi connectivity index (χ0) is 18.0. The molecule has 3 aromatic rings. The molecule has 1 atom stereocenters. The van der Waals surface area contributed by atoms with Crippen molar-refractivity contribution >= 4 is 27.5 Å². The summed E-state index contributed by atoms with van der Waals surface area (Å²) in [7, 11) is 0. The van der Waals surface area contributed by atoms with E-state index >= 15 is 0 Å². The highest BCUT2D eigenvalue weighted by Gasteiger charge is 2.41. The van der Waals surface area contributed by atoms with Gasteiger partial charge in [0.2, 0.25) is 5.91 Å². The molecule has 1 amide bonds. The van der Waals surface area contributed by atoms with Crippen LogP contribution in [0.5, 0.6) is 0 Å². The van der Waals surface area contributed by atoms with Gasteiger partial charge in [0.1, 0.15) is 11.4 Å². The van der Waals surface area contributed by atoms with Crippen molar-refractivity contribution in [2.24, 2.45) is 0 Å². The van der Waals surface area contributed by atoms with Crippen molar-refractivity contribution in [1.29, 1.82) is 0 Å². The van der Waals surface area contributed by atoms with Crippen LogP contribution in [0.3, 0.4) is 0 Å². The molecule has 0 aliphatic carbocycles. The summed E-state index contributed by atoms with van der Waals surface area (Å²) in [5.74, 6) is -0.926. The lowest BCUT2D eigenvalue weighted by Crippen LogP contribution is -2.40. The maximum atomic E-state index is 13.3. The van der Waals surface area contributed by atoms with Gasteiger partial charge in [-0.3, -0.25) is 14.2 Å². The lowest BCUT2D eigenvalue weighted by molar-refractivity contribution is -0.163. The number of carbonyl (C=O) groups is 1. The molecule has 5 nitrogen and oxygen atoms in total. The van der Waals surface area contributed by atoms with E-state index in [9.17, 15) is 22.8 Å². The van der Waals surface area contributed by atoms with E-state index in [0.717, 1.165) is 10.9 Å². The number of halogens is 3. The van der Waals surface area contributed by atoms with Crippen LogP contribution in [0.15, 0.2) is 52.9 Å². The lowest BCUT2D eigenvalue weighted by atomic mass is 10.1. The lowest BCUT2D eigenvalue weighted by Gasteiger charge is -2.22. The highest BCUT2D eigenvalue weighted by molar-refractivity contribution is 7.16. The van der Waals surface area contributed by atoms with Crippen molar-refractivity contribution < 1.29 is 18.0 Å². The van der Waals surface area contributed by atoms with Crippen LogP contribution in [0.25, 0.3) is 10.2 Å². The van der Waals surface area contributed by atoms with Gasteiger partial charge < -0.3 is 5.32 Å². The van der Waals surface area contributed by atoms with Gasteiger partial charge in [-0.1, -0.05) is 30.3 Å². The first kappa shape index (κ1) is 17.2. The number of thiophene rings is 1. The smallest absolute Gasteiger partial charge is 0.339 e. The van der Waals surface area contributed by atoms with E-state index in [4.69, 9.17) is 0 Å². The number of hydrogen-bond donors (Lipinski definition) is 1. The quantitative estimate of drug-likeness (QED) is 0.771. The van der Waals surface area contributed by atoms with Crippen LogP contribution >= 0.6 is 11.3 Å². The van der Waals surface area contributed by atoms with Crippen LogP contribution < -0.4 is 10.9 Å². The van der Waals surface area contributed by atoms with Gasteiger partial charge in [-0.2, -0.15) is 13.2 Å². The summed E-state index contributed by atoms with van der Waals surface area (Å²) in [5, 5.41) is 3.95. The van der Waals surface area contributed by atoms with Gasteiger partial charge in [0.25, 0.3) is 5.56 Å². The molecule has 0 bridgehead atoms. The highest BCUT2D eigenvalue weighted by atomic mass is 32.1. The minimum Gasteiger partial charge on any atom is -0.339 e. The SMILES string of the molecule is O=C(Cn1cnc2sccc2c1=O)N[C@@H](c1ccccc1)C(F)(F)F. The van der Waals surface area contributed by atoms with E-state index in [-0.39, 0.29) is 5.56 Å². The average molecular weight is 367 g/mol. The molecule has 0 aliphatic heterocycles. The number of fused-ring (bicyclic) bond motifs is 1. The number of nitrogens with one attached hydrogen (secondary N) is 1. The zero-order valence-corrected chi connectivity index (χ0v) is 13.5. The third kappa shape index (κ3) is 3.71. The number of amides is 1. The van der Waals surface area contributed by atoms with Crippen LogP contribution in [-0.4, -0.2) is 21.6 Å². The first-order valence-electron chi connectivity index (χ1n) is 7.20. The Kier molecular flexibility index (Phi) is 4.58. The number of benzene rings is 1. The van der Waals surface area contributed by atoms with Crippen LogP contribution in [0.2, 0.25) is 0 Å². The predicted molar refractivity (Wildman–Crippen MR) is 87.3 cm³/mol. The molecule has 0 spiro atoms. The van der Waals surface area contributed by atoms with Crippen molar-refractivity contribution in [3.05, 3.63) is 64.0 Å². The Labute approximate surface area is 143 Å². The van der Waals surface area contributed by atoms with Crippen LogP contribution in [0, 0.1) is 0 Å². The van der Waals surface area contributed by atoms with E-state index < -0.39 is 30.2 Å². The Morgan fingerprint density at radius 2 is 1.96 bits per heavy atom. The number of aromatic nitrogens is 2. The monoisotopic (exact) mass is 367 g/mol. The second-order valence-electron chi connectivity index (χ2n) is 5.27. The maximum absolute atomic E-state index is 13.3. The van der Waals surface area contributed by atoms with E-state index in [1.54, 1.807) is 17.5 Å². The molecule has 1 N–H and O–H groups in total. The summed E-state index contributed by atoms with van der Waals surface area (Å²) in [4.78, 5) is 28.8. The Morgan fingerprint density at radius 3 is 2.64 bits per heavy atom. The predicted octanol–water partition coefficient (Wildman–Crippen LogP) is 2.88. The summed E-state index contributed by atoms with van der Waals surface area (Å²) in [6.07, 6.45) is -3.50. The van der Waals surface area contributed by atoms with E-state index in [1.807, 2.05) is 5.32 Å². The summed E-state index contributed by atoms with van der Waals surface area (Å²) in [5.41, 5.74) is -0.549. The fourth-order valence-corrected chi connectivity index (χ4v) is 3.09. The third-order valence-corrected chi connectivity index (χ3v) is 4.35. The molecule has 0 unspecified atom stereocenters. The number of hydrogen-bond acceptors (Lipinski definition) is 4. The second-order valence-corrected chi connectivity index (χ2v) is 6.16. The Bertz CT molecular complexity index is 950. The minimum absolute atomic E-state index is 0.0814. The van der Waals surface area contributed by atoms with Crippen molar-refractivity contribution in [3.63, 3.8) is 0 Å². The van der Waals surface area contributed by atoms with Crippen molar-refractivity contribution in [1.82, 2.24) is 14.9 Å². The first-order valence-corrected chi connectivity index (χ1v) is 8.08. The largest absolute Gasteiger partial charge is 0.412 e. The summed E-state index contributed by atoms with van der Waals surface area (Å²) < 4.78 is 40.8. The van der Waals surface area contributed by atoms with Gasteiger partial charge in [0.05, 0.1) is 11.7 Å². The number of rotatable bonds is 4. The van der Waals surface area contributed by atoms with Gasteiger partial charge in [0, 0.05) is 0 Å². The topological polar surface area (TPSA) is 64.0 Å². The molecule has 0 fully saturated rings. The van der Waals surface area contributed by atoms with Gasteiger partial charge in [-0.05, 0) is 17.0 Å².